The topological polar surface area (TPSA) is 72.6 Å². The number of hydrogen-bond acceptors (Lipinski definition) is 5. The van der Waals surface area contributed by atoms with Gasteiger partial charge < -0.3 is 14.1 Å². The smallest absolute Gasteiger partial charge is 0.360 e. The third kappa shape index (κ3) is 2.64. The van der Waals surface area contributed by atoms with Gasteiger partial charge in [-0.15, -0.1) is 0 Å². The summed E-state index contributed by atoms with van der Waals surface area (Å²) in [6.07, 6.45) is 3.28. The number of carbonyl (C=O) groups excluding carboxylic acids is 2. The first kappa shape index (κ1) is 11.6. The lowest BCUT2D eigenvalue weighted by molar-refractivity contribution is -0.130. The Kier molecular flexibility index (Phi) is 3.12. The van der Waals surface area contributed by atoms with E-state index in [1.165, 1.54) is 20.3 Å². The second kappa shape index (κ2) is 4.57. The van der Waals surface area contributed by atoms with Crippen LogP contribution in [-0.4, -0.2) is 34.9 Å². The molecule has 0 radical (unpaired) electrons. The Hall–Kier alpha value is -1.85. The molecular formula is C11H14N2O4. The molecule has 1 saturated carbocycles. The molecule has 0 aliphatic heterocycles. The van der Waals surface area contributed by atoms with Crippen molar-refractivity contribution in [3.05, 3.63) is 17.8 Å². The van der Waals surface area contributed by atoms with E-state index >= 15 is 0 Å². The maximum atomic E-state index is 11.4. The van der Waals surface area contributed by atoms with Crippen LogP contribution >= 0.6 is 0 Å². The molecule has 92 valence electrons. The predicted molar refractivity (Wildman–Crippen MR) is 57.1 cm³/mol. The van der Waals surface area contributed by atoms with Gasteiger partial charge in [-0.05, 0) is 12.8 Å². The Morgan fingerprint density at radius 3 is 2.82 bits per heavy atom. The van der Waals surface area contributed by atoms with Gasteiger partial charge in [0.25, 0.3) is 0 Å². The van der Waals surface area contributed by atoms with E-state index in [2.05, 4.69) is 9.72 Å². The molecule has 0 N–H and O–H groups in total. The van der Waals surface area contributed by atoms with Crippen LogP contribution in [0.3, 0.4) is 0 Å². The Morgan fingerprint density at radius 2 is 2.29 bits per heavy atom. The van der Waals surface area contributed by atoms with E-state index in [1.54, 1.807) is 4.90 Å². The summed E-state index contributed by atoms with van der Waals surface area (Å²) in [5.41, 5.74) is 0.127. The third-order valence-electron chi connectivity index (χ3n) is 2.64. The number of carbonyl (C=O) groups is 2. The lowest BCUT2D eigenvalue weighted by atomic mass is 10.4. The number of methoxy groups -OCH3 is 1. The fraction of sp³-hybridized carbons (Fsp3) is 0.545. The largest absolute Gasteiger partial charge is 0.464 e. The summed E-state index contributed by atoms with van der Waals surface area (Å²) in [6.45, 7) is 1.82. The van der Waals surface area contributed by atoms with Crippen LogP contribution in [-0.2, 0) is 16.1 Å². The Morgan fingerprint density at radius 1 is 1.59 bits per heavy atom. The first-order valence-electron chi connectivity index (χ1n) is 5.41. The van der Waals surface area contributed by atoms with Crippen LogP contribution < -0.4 is 0 Å². The summed E-state index contributed by atoms with van der Waals surface area (Å²) < 4.78 is 9.66. The molecule has 1 aliphatic rings. The third-order valence-corrected chi connectivity index (χ3v) is 2.64. The molecule has 1 aromatic rings. The minimum absolute atomic E-state index is 0.00896. The Bertz CT molecular complexity index is 436. The number of esters is 1. The highest BCUT2D eigenvalue weighted by Crippen LogP contribution is 2.28. The van der Waals surface area contributed by atoms with Gasteiger partial charge >= 0.3 is 5.97 Å². The van der Waals surface area contributed by atoms with Gasteiger partial charge in [-0.2, -0.15) is 0 Å². The molecule has 0 aromatic carbocycles. The zero-order chi connectivity index (χ0) is 12.4. The van der Waals surface area contributed by atoms with Crippen LogP contribution in [0.15, 0.2) is 10.7 Å². The molecule has 0 atom stereocenters. The van der Waals surface area contributed by atoms with Gasteiger partial charge in [-0.3, -0.25) is 4.79 Å². The van der Waals surface area contributed by atoms with Gasteiger partial charge in [-0.25, -0.2) is 9.78 Å². The molecule has 2 rings (SSSR count). The summed E-state index contributed by atoms with van der Waals surface area (Å²) in [7, 11) is 1.28. The Labute approximate surface area is 98.6 Å². The fourth-order valence-corrected chi connectivity index (χ4v) is 1.61. The normalized spacial score (nSPS) is 14.5. The minimum atomic E-state index is -0.541. The van der Waals surface area contributed by atoms with Crippen molar-refractivity contribution in [1.29, 1.82) is 0 Å². The standard InChI is InChI=1S/C11H14N2O4/c1-7(14)13(8-3-4-8)5-10-12-9(6-17-10)11(15)16-2/h6,8H,3-5H2,1-2H3. The zero-order valence-corrected chi connectivity index (χ0v) is 9.80. The van der Waals surface area contributed by atoms with E-state index in [1.807, 2.05) is 0 Å². The quantitative estimate of drug-likeness (QED) is 0.731. The van der Waals surface area contributed by atoms with E-state index in [4.69, 9.17) is 4.42 Å². The van der Waals surface area contributed by atoms with Gasteiger partial charge in [0.05, 0.1) is 13.7 Å². The molecule has 0 unspecified atom stereocenters. The first-order chi connectivity index (χ1) is 8.11. The van der Waals surface area contributed by atoms with Crippen molar-refractivity contribution in [3.8, 4) is 0 Å². The maximum absolute atomic E-state index is 11.4. The van der Waals surface area contributed by atoms with Crippen LogP contribution in [0, 0.1) is 0 Å². The van der Waals surface area contributed by atoms with Gasteiger partial charge in [0.2, 0.25) is 11.8 Å². The fourth-order valence-electron chi connectivity index (χ4n) is 1.61. The summed E-state index contributed by atoms with van der Waals surface area (Å²) in [5.74, 6) is -0.196. The molecule has 1 aromatic heterocycles. The maximum Gasteiger partial charge on any atom is 0.360 e. The number of ether oxygens (including phenoxy) is 1. The van der Waals surface area contributed by atoms with Crippen molar-refractivity contribution in [3.63, 3.8) is 0 Å². The number of amides is 1. The highest BCUT2D eigenvalue weighted by Gasteiger charge is 2.31. The van der Waals surface area contributed by atoms with Crippen molar-refractivity contribution >= 4 is 11.9 Å². The molecule has 6 heteroatoms. The first-order valence-corrected chi connectivity index (χ1v) is 5.41. The van der Waals surface area contributed by atoms with Crippen LogP contribution in [0.4, 0.5) is 0 Å². The van der Waals surface area contributed by atoms with Crippen molar-refractivity contribution in [1.82, 2.24) is 9.88 Å². The average Bonchev–Trinajstić information content (AvgIpc) is 3.03. The van der Waals surface area contributed by atoms with Crippen LogP contribution in [0.1, 0.15) is 36.1 Å². The molecule has 0 spiro atoms. The highest BCUT2D eigenvalue weighted by molar-refractivity contribution is 5.86. The SMILES string of the molecule is COC(=O)c1coc(CN(C(C)=O)C2CC2)n1. The predicted octanol–water partition coefficient (Wildman–Crippen LogP) is 0.972. The van der Waals surface area contributed by atoms with Crippen molar-refractivity contribution in [2.75, 3.05) is 7.11 Å². The Balaban J connectivity index is 2.04. The van der Waals surface area contributed by atoms with Gasteiger partial charge in [0, 0.05) is 13.0 Å². The number of nitrogens with zero attached hydrogens (tertiary/aromatic N) is 2. The molecule has 1 amide bonds. The summed E-state index contributed by atoms with van der Waals surface area (Å²) in [4.78, 5) is 28.2. The molecule has 1 aliphatic carbocycles. The van der Waals surface area contributed by atoms with E-state index < -0.39 is 5.97 Å². The van der Waals surface area contributed by atoms with Crippen molar-refractivity contribution in [2.24, 2.45) is 0 Å². The van der Waals surface area contributed by atoms with Crippen molar-refractivity contribution < 1.29 is 18.7 Å². The van der Waals surface area contributed by atoms with E-state index in [0.717, 1.165) is 12.8 Å². The van der Waals surface area contributed by atoms with Crippen LogP contribution in [0.2, 0.25) is 0 Å². The highest BCUT2D eigenvalue weighted by atomic mass is 16.5. The lowest BCUT2D eigenvalue weighted by Crippen LogP contribution is -2.30. The molecular weight excluding hydrogens is 224 g/mol. The summed E-state index contributed by atoms with van der Waals surface area (Å²) in [5, 5.41) is 0. The summed E-state index contributed by atoms with van der Waals surface area (Å²) >= 11 is 0. The number of oxazole rings is 1. The van der Waals surface area contributed by atoms with Crippen molar-refractivity contribution in [2.45, 2.75) is 32.4 Å². The zero-order valence-electron chi connectivity index (χ0n) is 9.80. The van der Waals surface area contributed by atoms with Gasteiger partial charge in [0.15, 0.2) is 5.69 Å². The molecule has 1 fully saturated rings. The van der Waals surface area contributed by atoms with E-state index in [0.29, 0.717) is 18.5 Å². The van der Waals surface area contributed by atoms with E-state index in [-0.39, 0.29) is 11.6 Å². The number of rotatable bonds is 4. The second-order valence-corrected chi connectivity index (χ2v) is 4.00. The van der Waals surface area contributed by atoms with Gasteiger partial charge in [0.1, 0.15) is 6.26 Å². The number of aromatic nitrogens is 1. The average molecular weight is 238 g/mol. The molecule has 1 heterocycles. The van der Waals surface area contributed by atoms with Crippen LogP contribution in [0.25, 0.3) is 0 Å². The minimum Gasteiger partial charge on any atom is -0.464 e. The second-order valence-electron chi connectivity index (χ2n) is 4.00. The summed E-state index contributed by atoms with van der Waals surface area (Å²) in [6, 6.07) is 0.293. The lowest BCUT2D eigenvalue weighted by Gasteiger charge is -2.17. The molecule has 6 nitrogen and oxygen atoms in total. The molecule has 0 bridgehead atoms. The monoisotopic (exact) mass is 238 g/mol. The van der Waals surface area contributed by atoms with E-state index in [9.17, 15) is 9.59 Å². The van der Waals surface area contributed by atoms with Gasteiger partial charge in [-0.1, -0.05) is 0 Å². The number of hydrogen-bond donors (Lipinski definition) is 0. The molecule has 0 saturated heterocycles. The van der Waals surface area contributed by atoms with Crippen LogP contribution in [0.5, 0.6) is 0 Å². The molecule has 17 heavy (non-hydrogen) atoms.